The van der Waals surface area contributed by atoms with Gasteiger partial charge < -0.3 is 14.7 Å². The molecule has 31 heavy (non-hydrogen) atoms. The summed E-state index contributed by atoms with van der Waals surface area (Å²) in [7, 11) is 2.09. The second kappa shape index (κ2) is 11.4. The summed E-state index contributed by atoms with van der Waals surface area (Å²) in [6.45, 7) is 7.13. The molecule has 1 aromatic carbocycles. The molecule has 0 spiro atoms. The first-order valence-corrected chi connectivity index (χ1v) is 11.1. The summed E-state index contributed by atoms with van der Waals surface area (Å²) in [4.78, 5) is 17.0. The Kier molecular flexibility index (Phi) is 8.57. The van der Waals surface area contributed by atoms with Crippen LogP contribution in [0.5, 0.6) is 0 Å². The van der Waals surface area contributed by atoms with Crippen LogP contribution in [0.25, 0.3) is 0 Å². The van der Waals surface area contributed by atoms with Crippen molar-refractivity contribution in [2.75, 3.05) is 26.7 Å². The topological polar surface area (TPSA) is 83.7 Å². The highest BCUT2D eigenvalue weighted by Gasteiger charge is 2.28. The van der Waals surface area contributed by atoms with Gasteiger partial charge in [-0.15, -0.1) is 5.10 Å². The van der Waals surface area contributed by atoms with E-state index in [9.17, 15) is 9.90 Å². The third kappa shape index (κ3) is 6.59. The summed E-state index contributed by atoms with van der Waals surface area (Å²) >= 11 is 0. The van der Waals surface area contributed by atoms with Crippen LogP contribution in [0.15, 0.2) is 36.5 Å². The molecular formula is C23H35N5O3. The van der Waals surface area contributed by atoms with E-state index in [1.165, 1.54) is 5.56 Å². The zero-order chi connectivity index (χ0) is 22.2. The van der Waals surface area contributed by atoms with Crippen molar-refractivity contribution in [2.45, 2.75) is 58.5 Å². The number of rotatable bonds is 6. The van der Waals surface area contributed by atoms with Crippen molar-refractivity contribution in [1.82, 2.24) is 24.8 Å². The molecule has 1 aliphatic rings. The summed E-state index contributed by atoms with van der Waals surface area (Å²) in [5.74, 6) is 0.159. The molecule has 0 saturated carbocycles. The van der Waals surface area contributed by atoms with Crippen molar-refractivity contribution in [1.29, 1.82) is 0 Å². The molecule has 2 heterocycles. The predicted octanol–water partition coefficient (Wildman–Crippen LogP) is 1.93. The number of amides is 1. The van der Waals surface area contributed by atoms with E-state index in [0.717, 1.165) is 18.8 Å². The van der Waals surface area contributed by atoms with Crippen LogP contribution in [0.2, 0.25) is 0 Å². The molecule has 0 aliphatic carbocycles. The fourth-order valence-corrected chi connectivity index (χ4v) is 4.01. The molecule has 8 heteroatoms. The minimum Gasteiger partial charge on any atom is -0.394 e. The van der Waals surface area contributed by atoms with Crippen molar-refractivity contribution >= 4 is 5.91 Å². The van der Waals surface area contributed by atoms with Gasteiger partial charge in [0.05, 0.1) is 37.3 Å². The van der Waals surface area contributed by atoms with Crippen LogP contribution >= 0.6 is 0 Å². The number of likely N-dealkylation sites (N-methyl/N-ethyl adjacent to an activating group) is 1. The number of carbonyl (C=O) groups excluding carboxylic acids is 1. The number of aromatic nitrogens is 3. The zero-order valence-corrected chi connectivity index (χ0v) is 18.9. The number of nitrogens with zero attached hydrogens (tertiary/aromatic N) is 5. The van der Waals surface area contributed by atoms with Crippen LogP contribution in [0.1, 0.15) is 37.9 Å². The number of hydrogen-bond donors (Lipinski definition) is 1. The third-order valence-corrected chi connectivity index (χ3v) is 5.93. The standard InChI is InChI=1S/C23H35N5O3/c1-18-13-27(19(2)16-29)23(30)10-7-11-28-21(12-24-25-28)17-31-22(18)15-26(3)14-20-8-5-4-6-9-20/h4-6,8-9,12,18-19,22,29H,7,10-11,13-17H2,1-3H3/t18-,19+,22+/m0/s1. The Bertz CT molecular complexity index is 813. The van der Waals surface area contributed by atoms with E-state index in [0.29, 0.717) is 32.5 Å². The maximum atomic E-state index is 12.9. The Labute approximate surface area is 184 Å². The second-order valence-electron chi connectivity index (χ2n) is 8.64. The quantitative estimate of drug-likeness (QED) is 0.756. The average Bonchev–Trinajstić information content (AvgIpc) is 3.21. The normalized spacial score (nSPS) is 22.0. The molecule has 0 radical (unpaired) electrons. The maximum Gasteiger partial charge on any atom is 0.222 e. The van der Waals surface area contributed by atoms with Gasteiger partial charge in [-0.05, 0) is 26.0 Å². The molecule has 0 fully saturated rings. The molecule has 1 N–H and O–H groups in total. The largest absolute Gasteiger partial charge is 0.394 e. The maximum absolute atomic E-state index is 12.9. The van der Waals surface area contributed by atoms with Gasteiger partial charge in [-0.1, -0.05) is 42.5 Å². The molecule has 170 valence electrons. The van der Waals surface area contributed by atoms with E-state index in [1.807, 2.05) is 34.7 Å². The van der Waals surface area contributed by atoms with Crippen LogP contribution in [-0.2, 0) is 29.2 Å². The van der Waals surface area contributed by atoms with Gasteiger partial charge in [-0.3, -0.25) is 9.69 Å². The second-order valence-corrected chi connectivity index (χ2v) is 8.64. The first kappa shape index (κ1) is 23.4. The van der Waals surface area contributed by atoms with Crippen molar-refractivity contribution in [3.05, 3.63) is 47.8 Å². The minimum atomic E-state index is -0.220. The first-order chi connectivity index (χ1) is 15.0. The summed E-state index contributed by atoms with van der Waals surface area (Å²) in [5, 5.41) is 17.9. The minimum absolute atomic E-state index is 0.0505. The highest BCUT2D eigenvalue weighted by Crippen LogP contribution is 2.18. The highest BCUT2D eigenvalue weighted by molar-refractivity contribution is 5.76. The summed E-state index contributed by atoms with van der Waals surface area (Å²) in [6.07, 6.45) is 2.76. The SMILES string of the molecule is C[C@H](CO)N1C[C@H](C)[C@@H](CN(C)Cc2ccccc2)OCc2cnnn2CCCC1=O. The molecule has 0 bridgehead atoms. The number of hydrogen-bond acceptors (Lipinski definition) is 6. The van der Waals surface area contributed by atoms with E-state index in [2.05, 4.69) is 41.3 Å². The number of benzene rings is 1. The van der Waals surface area contributed by atoms with Crippen LogP contribution < -0.4 is 0 Å². The molecule has 0 saturated heterocycles. The average molecular weight is 430 g/mol. The number of aliphatic hydroxyl groups excluding tert-OH is 1. The Morgan fingerprint density at radius 1 is 1.32 bits per heavy atom. The van der Waals surface area contributed by atoms with Gasteiger partial charge in [0.2, 0.25) is 5.91 Å². The fourth-order valence-electron chi connectivity index (χ4n) is 4.01. The Morgan fingerprint density at radius 3 is 2.84 bits per heavy atom. The number of fused-ring (bicyclic) bond motifs is 1. The van der Waals surface area contributed by atoms with Gasteiger partial charge in [0, 0.05) is 38.5 Å². The number of aliphatic hydroxyl groups is 1. The Balaban J connectivity index is 1.77. The predicted molar refractivity (Wildman–Crippen MR) is 118 cm³/mol. The zero-order valence-electron chi connectivity index (χ0n) is 18.9. The van der Waals surface area contributed by atoms with Gasteiger partial charge in [0.15, 0.2) is 0 Å². The molecular weight excluding hydrogens is 394 g/mol. The van der Waals surface area contributed by atoms with Crippen LogP contribution in [0.4, 0.5) is 0 Å². The van der Waals surface area contributed by atoms with Crippen LogP contribution in [0, 0.1) is 5.92 Å². The molecule has 1 amide bonds. The van der Waals surface area contributed by atoms with Crippen molar-refractivity contribution in [3.63, 3.8) is 0 Å². The lowest BCUT2D eigenvalue weighted by Gasteiger charge is -2.35. The molecule has 3 rings (SSSR count). The van der Waals surface area contributed by atoms with E-state index >= 15 is 0 Å². The Hall–Kier alpha value is -2.29. The smallest absolute Gasteiger partial charge is 0.222 e. The molecule has 2 aromatic rings. The first-order valence-electron chi connectivity index (χ1n) is 11.1. The van der Waals surface area contributed by atoms with Crippen molar-refractivity contribution < 1.29 is 14.6 Å². The van der Waals surface area contributed by atoms with Crippen LogP contribution in [-0.4, -0.2) is 74.7 Å². The monoisotopic (exact) mass is 429 g/mol. The highest BCUT2D eigenvalue weighted by atomic mass is 16.5. The van der Waals surface area contributed by atoms with Gasteiger partial charge in [-0.25, -0.2) is 4.68 Å². The lowest BCUT2D eigenvalue weighted by Crippen LogP contribution is -2.47. The van der Waals surface area contributed by atoms with E-state index < -0.39 is 0 Å². The summed E-state index contributed by atoms with van der Waals surface area (Å²) < 4.78 is 8.20. The summed E-state index contributed by atoms with van der Waals surface area (Å²) in [6, 6.07) is 10.1. The van der Waals surface area contributed by atoms with Gasteiger partial charge in [0.1, 0.15) is 0 Å². The molecule has 1 aromatic heterocycles. The van der Waals surface area contributed by atoms with Crippen molar-refractivity contribution in [2.24, 2.45) is 5.92 Å². The lowest BCUT2D eigenvalue weighted by molar-refractivity contribution is -0.136. The number of carbonyl (C=O) groups is 1. The van der Waals surface area contributed by atoms with Gasteiger partial charge >= 0.3 is 0 Å². The molecule has 3 atom stereocenters. The Morgan fingerprint density at radius 2 is 2.10 bits per heavy atom. The van der Waals surface area contributed by atoms with Crippen LogP contribution in [0.3, 0.4) is 0 Å². The number of ether oxygens (including phenoxy) is 1. The van der Waals surface area contributed by atoms with E-state index in [4.69, 9.17) is 4.74 Å². The molecule has 1 aliphatic heterocycles. The van der Waals surface area contributed by atoms with E-state index in [-0.39, 0.29) is 30.6 Å². The third-order valence-electron chi connectivity index (χ3n) is 5.93. The molecule has 8 nitrogen and oxygen atoms in total. The lowest BCUT2D eigenvalue weighted by atomic mass is 10.0. The molecule has 0 unspecified atom stereocenters. The summed E-state index contributed by atoms with van der Waals surface area (Å²) in [5.41, 5.74) is 2.18. The van der Waals surface area contributed by atoms with E-state index in [1.54, 1.807) is 6.20 Å². The van der Waals surface area contributed by atoms with Crippen molar-refractivity contribution in [3.8, 4) is 0 Å². The van der Waals surface area contributed by atoms with Gasteiger partial charge in [0.25, 0.3) is 0 Å². The van der Waals surface area contributed by atoms with Gasteiger partial charge in [-0.2, -0.15) is 0 Å². The number of aryl methyl sites for hydroxylation is 1. The fraction of sp³-hybridized carbons (Fsp3) is 0.609.